The van der Waals surface area contributed by atoms with Crippen molar-refractivity contribution in [2.75, 3.05) is 0 Å². The lowest BCUT2D eigenvalue weighted by molar-refractivity contribution is 0.0698. The van der Waals surface area contributed by atoms with Crippen LogP contribution in [0.3, 0.4) is 0 Å². The van der Waals surface area contributed by atoms with E-state index in [1.807, 2.05) is 0 Å². The Morgan fingerprint density at radius 1 is 1.50 bits per heavy atom. The second-order valence-electron chi connectivity index (χ2n) is 3.09. The maximum absolute atomic E-state index is 13.3. The highest BCUT2D eigenvalue weighted by atomic mass is 19.1. The van der Waals surface area contributed by atoms with Gasteiger partial charge in [-0.1, -0.05) is 6.07 Å². The molecular weight excluding hydrogens is 185 g/mol. The maximum Gasteiger partial charge on any atom is 0.337 e. The van der Waals surface area contributed by atoms with Gasteiger partial charge in [-0.2, -0.15) is 0 Å². The standard InChI is InChI=1S/C10H8FNO2/c1-12-5-6(10(13)14)9-7(11)3-2-4-8(9)12/h2-5H,1H3,(H,13,14). The molecule has 1 aromatic heterocycles. The summed E-state index contributed by atoms with van der Waals surface area (Å²) in [5.74, 6) is -1.61. The van der Waals surface area contributed by atoms with Crippen LogP contribution in [0.2, 0.25) is 0 Å². The molecule has 0 saturated carbocycles. The van der Waals surface area contributed by atoms with Crippen molar-refractivity contribution in [3.63, 3.8) is 0 Å². The topological polar surface area (TPSA) is 42.2 Å². The predicted molar refractivity (Wildman–Crippen MR) is 49.8 cm³/mol. The Labute approximate surface area is 79.4 Å². The van der Waals surface area contributed by atoms with Crippen LogP contribution in [0.5, 0.6) is 0 Å². The monoisotopic (exact) mass is 193 g/mol. The molecule has 4 heteroatoms. The van der Waals surface area contributed by atoms with Crippen molar-refractivity contribution in [3.8, 4) is 0 Å². The number of hydrogen-bond acceptors (Lipinski definition) is 1. The summed E-state index contributed by atoms with van der Waals surface area (Å²) in [6.45, 7) is 0. The summed E-state index contributed by atoms with van der Waals surface area (Å²) in [6, 6.07) is 4.50. The molecule has 0 spiro atoms. The van der Waals surface area contributed by atoms with E-state index in [0.717, 1.165) is 0 Å². The van der Waals surface area contributed by atoms with Gasteiger partial charge in [-0.3, -0.25) is 0 Å². The van der Waals surface area contributed by atoms with Gasteiger partial charge in [-0.05, 0) is 12.1 Å². The number of carboxylic acid groups (broad SMARTS) is 1. The van der Waals surface area contributed by atoms with Gasteiger partial charge in [-0.25, -0.2) is 9.18 Å². The average Bonchev–Trinajstić information content (AvgIpc) is 2.46. The third kappa shape index (κ3) is 1.08. The number of halogens is 1. The molecular formula is C10H8FNO2. The van der Waals surface area contributed by atoms with Crippen LogP contribution in [-0.2, 0) is 7.05 Å². The van der Waals surface area contributed by atoms with Crippen molar-refractivity contribution in [2.24, 2.45) is 7.05 Å². The van der Waals surface area contributed by atoms with E-state index >= 15 is 0 Å². The Morgan fingerprint density at radius 3 is 2.86 bits per heavy atom. The van der Waals surface area contributed by atoms with Gasteiger partial charge < -0.3 is 9.67 Å². The van der Waals surface area contributed by atoms with Gasteiger partial charge in [0.05, 0.1) is 11.1 Å². The molecule has 0 aliphatic carbocycles. The Kier molecular flexibility index (Phi) is 1.77. The van der Waals surface area contributed by atoms with Crippen LogP contribution in [0, 0.1) is 5.82 Å². The minimum absolute atomic E-state index is 0.000556. The van der Waals surface area contributed by atoms with Crippen LogP contribution in [-0.4, -0.2) is 15.6 Å². The second kappa shape index (κ2) is 2.83. The highest BCUT2D eigenvalue weighted by Gasteiger charge is 2.15. The van der Waals surface area contributed by atoms with Crippen LogP contribution in [0.15, 0.2) is 24.4 Å². The van der Waals surface area contributed by atoms with Crippen molar-refractivity contribution >= 4 is 16.9 Å². The summed E-state index contributed by atoms with van der Waals surface area (Å²) in [6.07, 6.45) is 1.41. The van der Waals surface area contributed by atoms with Gasteiger partial charge in [0.25, 0.3) is 0 Å². The van der Waals surface area contributed by atoms with E-state index in [9.17, 15) is 9.18 Å². The number of aromatic carboxylic acids is 1. The number of rotatable bonds is 1. The minimum atomic E-state index is -1.11. The van der Waals surface area contributed by atoms with E-state index in [1.165, 1.54) is 12.3 Å². The van der Waals surface area contributed by atoms with Crippen LogP contribution in [0.4, 0.5) is 4.39 Å². The van der Waals surface area contributed by atoms with Crippen LogP contribution < -0.4 is 0 Å². The van der Waals surface area contributed by atoms with Crippen LogP contribution >= 0.6 is 0 Å². The van der Waals surface area contributed by atoms with Gasteiger partial charge >= 0.3 is 5.97 Å². The molecule has 0 saturated heterocycles. The Balaban J connectivity index is 2.93. The average molecular weight is 193 g/mol. The third-order valence-electron chi connectivity index (χ3n) is 2.19. The first kappa shape index (κ1) is 8.74. The molecule has 1 N–H and O–H groups in total. The molecule has 0 bridgehead atoms. The van der Waals surface area contributed by atoms with Gasteiger partial charge in [0, 0.05) is 18.6 Å². The largest absolute Gasteiger partial charge is 0.478 e. The van der Waals surface area contributed by atoms with Crippen molar-refractivity contribution in [2.45, 2.75) is 0 Å². The van der Waals surface area contributed by atoms with Crippen molar-refractivity contribution in [1.29, 1.82) is 0 Å². The van der Waals surface area contributed by atoms with Crippen LogP contribution in [0.25, 0.3) is 10.9 Å². The predicted octanol–water partition coefficient (Wildman–Crippen LogP) is 2.02. The van der Waals surface area contributed by atoms with Gasteiger partial charge in [-0.15, -0.1) is 0 Å². The second-order valence-corrected chi connectivity index (χ2v) is 3.09. The molecule has 2 rings (SSSR count). The highest BCUT2D eigenvalue weighted by molar-refractivity contribution is 6.03. The number of benzene rings is 1. The quantitative estimate of drug-likeness (QED) is 0.752. The summed E-state index contributed by atoms with van der Waals surface area (Å²) in [7, 11) is 1.69. The first-order chi connectivity index (χ1) is 6.61. The molecule has 0 unspecified atom stereocenters. The summed E-state index contributed by atoms with van der Waals surface area (Å²) in [5.41, 5.74) is 0.586. The number of nitrogens with zero attached hydrogens (tertiary/aromatic N) is 1. The maximum atomic E-state index is 13.3. The fourth-order valence-corrected chi connectivity index (χ4v) is 1.56. The van der Waals surface area contributed by atoms with Crippen molar-refractivity contribution in [3.05, 3.63) is 35.8 Å². The van der Waals surface area contributed by atoms with E-state index in [2.05, 4.69) is 0 Å². The molecule has 1 heterocycles. The number of fused-ring (bicyclic) bond motifs is 1. The van der Waals surface area contributed by atoms with E-state index in [0.29, 0.717) is 5.52 Å². The molecule has 0 atom stereocenters. The van der Waals surface area contributed by atoms with Crippen molar-refractivity contribution in [1.82, 2.24) is 4.57 Å². The zero-order valence-corrected chi connectivity index (χ0v) is 7.49. The molecule has 3 nitrogen and oxygen atoms in total. The van der Waals surface area contributed by atoms with E-state index in [1.54, 1.807) is 23.7 Å². The number of carbonyl (C=O) groups is 1. The summed E-state index contributed by atoms with van der Waals surface area (Å²) in [4.78, 5) is 10.8. The minimum Gasteiger partial charge on any atom is -0.478 e. The van der Waals surface area contributed by atoms with E-state index in [-0.39, 0.29) is 10.9 Å². The lowest BCUT2D eigenvalue weighted by atomic mass is 10.1. The summed E-state index contributed by atoms with van der Waals surface area (Å²) < 4.78 is 14.9. The smallest absolute Gasteiger partial charge is 0.337 e. The Morgan fingerprint density at radius 2 is 2.21 bits per heavy atom. The number of aromatic nitrogens is 1. The Bertz CT molecular complexity index is 516. The Hall–Kier alpha value is -1.84. The fraction of sp³-hybridized carbons (Fsp3) is 0.100. The number of aryl methyl sites for hydroxylation is 1. The first-order valence-electron chi connectivity index (χ1n) is 4.08. The van der Waals surface area contributed by atoms with Crippen molar-refractivity contribution < 1.29 is 14.3 Å². The van der Waals surface area contributed by atoms with E-state index in [4.69, 9.17) is 5.11 Å². The molecule has 0 aliphatic rings. The zero-order valence-electron chi connectivity index (χ0n) is 7.49. The number of hydrogen-bond donors (Lipinski definition) is 1. The molecule has 1 aromatic carbocycles. The highest BCUT2D eigenvalue weighted by Crippen LogP contribution is 2.23. The SMILES string of the molecule is Cn1cc(C(=O)O)c2c(F)cccc21. The zero-order chi connectivity index (χ0) is 10.3. The molecule has 0 radical (unpaired) electrons. The third-order valence-corrected chi connectivity index (χ3v) is 2.19. The van der Waals surface area contributed by atoms with Gasteiger partial charge in [0.2, 0.25) is 0 Å². The molecule has 0 aliphatic heterocycles. The normalized spacial score (nSPS) is 10.7. The molecule has 14 heavy (non-hydrogen) atoms. The molecule has 0 fully saturated rings. The summed E-state index contributed by atoms with van der Waals surface area (Å²) in [5, 5.41) is 9.01. The fourth-order valence-electron chi connectivity index (χ4n) is 1.56. The lowest BCUT2D eigenvalue weighted by Gasteiger charge is -1.95. The van der Waals surface area contributed by atoms with Gasteiger partial charge in [0.15, 0.2) is 0 Å². The molecule has 72 valence electrons. The summed E-state index contributed by atoms with van der Waals surface area (Å²) >= 11 is 0. The number of carboxylic acids is 1. The molecule has 0 amide bonds. The first-order valence-corrected chi connectivity index (χ1v) is 4.08. The lowest BCUT2D eigenvalue weighted by Crippen LogP contribution is -1.95. The molecule has 2 aromatic rings. The van der Waals surface area contributed by atoms with Crippen LogP contribution in [0.1, 0.15) is 10.4 Å². The van der Waals surface area contributed by atoms with E-state index < -0.39 is 11.8 Å². The van der Waals surface area contributed by atoms with Gasteiger partial charge in [0.1, 0.15) is 5.82 Å².